The van der Waals surface area contributed by atoms with E-state index in [0.29, 0.717) is 5.56 Å². The summed E-state index contributed by atoms with van der Waals surface area (Å²) in [6.07, 6.45) is 0.148. The minimum Gasteiger partial charge on any atom is -0.336 e. The summed E-state index contributed by atoms with van der Waals surface area (Å²) in [7, 11) is -6.97. The van der Waals surface area contributed by atoms with Crippen molar-refractivity contribution < 1.29 is 21.6 Å². The fraction of sp³-hybridized carbons (Fsp3) is 0.500. The molecule has 1 amide bonds. The molecule has 2 fully saturated rings. The number of nitrogens with zero attached hydrogens (tertiary/aromatic N) is 3. The normalized spacial score (nSPS) is 21.7. The Balaban J connectivity index is 1.48. The van der Waals surface area contributed by atoms with Gasteiger partial charge in [-0.1, -0.05) is 12.1 Å². The molecule has 2 aliphatic heterocycles. The number of amides is 1. The van der Waals surface area contributed by atoms with Gasteiger partial charge in [-0.3, -0.25) is 4.79 Å². The summed E-state index contributed by atoms with van der Waals surface area (Å²) in [5.41, 5.74) is 4.56. The molecule has 0 spiro atoms. The first kappa shape index (κ1) is 23.0. The van der Waals surface area contributed by atoms with Gasteiger partial charge in [-0.2, -0.15) is 4.31 Å². The van der Waals surface area contributed by atoms with Crippen LogP contribution in [0.5, 0.6) is 0 Å². The smallest absolute Gasteiger partial charge is 0.255 e. The predicted octanol–water partition coefficient (Wildman–Crippen LogP) is 1.68. The Labute approximate surface area is 189 Å². The molecule has 2 saturated heterocycles. The van der Waals surface area contributed by atoms with E-state index in [0.717, 1.165) is 22.6 Å². The van der Waals surface area contributed by atoms with E-state index < -0.39 is 25.1 Å². The van der Waals surface area contributed by atoms with Gasteiger partial charge in [0.25, 0.3) is 5.91 Å². The fourth-order valence-electron chi connectivity index (χ4n) is 4.67. The van der Waals surface area contributed by atoms with Crippen molar-refractivity contribution in [3.63, 3.8) is 0 Å². The summed E-state index contributed by atoms with van der Waals surface area (Å²) in [4.78, 5) is 14.9. The summed E-state index contributed by atoms with van der Waals surface area (Å²) in [6.45, 7) is 6.84. The molecule has 8 nitrogen and oxygen atoms in total. The van der Waals surface area contributed by atoms with Crippen molar-refractivity contribution in [2.75, 3.05) is 37.7 Å². The van der Waals surface area contributed by atoms with Crippen LogP contribution in [0.15, 0.2) is 30.3 Å². The van der Waals surface area contributed by atoms with E-state index in [-0.39, 0.29) is 50.0 Å². The van der Waals surface area contributed by atoms with Crippen LogP contribution in [0.2, 0.25) is 0 Å². The number of sulfone groups is 1. The molecule has 10 heteroatoms. The van der Waals surface area contributed by atoms with Crippen LogP contribution in [0.25, 0.3) is 5.69 Å². The van der Waals surface area contributed by atoms with Crippen LogP contribution in [-0.4, -0.2) is 79.4 Å². The summed E-state index contributed by atoms with van der Waals surface area (Å²) in [6, 6.07) is 9.97. The van der Waals surface area contributed by atoms with Gasteiger partial charge < -0.3 is 9.47 Å². The lowest BCUT2D eigenvalue weighted by molar-refractivity contribution is 0.0696. The van der Waals surface area contributed by atoms with E-state index in [1.165, 1.54) is 4.31 Å². The molecule has 4 rings (SSSR count). The molecule has 0 N–H and O–H groups in total. The van der Waals surface area contributed by atoms with E-state index in [1.807, 2.05) is 45.0 Å². The van der Waals surface area contributed by atoms with Gasteiger partial charge in [-0.15, -0.1) is 0 Å². The Hall–Kier alpha value is -2.17. The van der Waals surface area contributed by atoms with Crippen molar-refractivity contribution in [1.29, 1.82) is 0 Å². The third-order valence-electron chi connectivity index (χ3n) is 6.42. The molecule has 2 aromatic rings. The topological polar surface area (TPSA) is 96.8 Å². The average Bonchev–Trinajstić information content (AvgIpc) is 3.26. The van der Waals surface area contributed by atoms with Gasteiger partial charge in [-0.25, -0.2) is 16.8 Å². The number of aryl methyl sites for hydroxylation is 2. The third kappa shape index (κ3) is 4.23. The molecule has 0 aliphatic carbocycles. The summed E-state index contributed by atoms with van der Waals surface area (Å²) < 4.78 is 52.6. The molecular weight excluding hydrogens is 450 g/mol. The summed E-state index contributed by atoms with van der Waals surface area (Å²) >= 11 is 0. The Morgan fingerprint density at radius 1 is 1.03 bits per heavy atom. The number of sulfonamides is 1. The fourth-order valence-corrected chi connectivity index (χ4v) is 9.18. The third-order valence-corrected chi connectivity index (χ3v) is 10.7. The maximum atomic E-state index is 13.2. The molecule has 3 heterocycles. The Bertz CT molecular complexity index is 1260. The number of benzene rings is 1. The molecule has 1 unspecified atom stereocenters. The average molecular weight is 480 g/mol. The van der Waals surface area contributed by atoms with Gasteiger partial charge in [-0.05, 0) is 51.0 Å². The van der Waals surface area contributed by atoms with Crippen LogP contribution >= 0.6 is 0 Å². The second kappa shape index (κ2) is 8.31. The molecule has 0 radical (unpaired) electrons. The van der Waals surface area contributed by atoms with Crippen LogP contribution in [0.1, 0.15) is 33.7 Å². The zero-order valence-corrected chi connectivity index (χ0v) is 20.2. The van der Waals surface area contributed by atoms with Gasteiger partial charge in [0.2, 0.25) is 10.0 Å². The first-order valence-electron chi connectivity index (χ1n) is 10.7. The molecule has 32 heavy (non-hydrogen) atoms. The Kier molecular flexibility index (Phi) is 5.98. The van der Waals surface area contributed by atoms with Crippen molar-refractivity contribution >= 4 is 25.8 Å². The van der Waals surface area contributed by atoms with Gasteiger partial charge in [0, 0.05) is 43.3 Å². The SMILES string of the molecule is Cc1cccc(-n2c(C)cc(C(=O)N3CCN(S(=O)(=O)C4CCS(=O)(=O)C4)CC3)c2C)c1. The van der Waals surface area contributed by atoms with Crippen molar-refractivity contribution in [2.45, 2.75) is 32.4 Å². The maximum Gasteiger partial charge on any atom is 0.255 e. The number of aromatic nitrogens is 1. The van der Waals surface area contributed by atoms with Crippen LogP contribution < -0.4 is 0 Å². The minimum absolute atomic E-state index is 0.0775. The van der Waals surface area contributed by atoms with E-state index in [2.05, 4.69) is 10.6 Å². The van der Waals surface area contributed by atoms with Crippen LogP contribution in [0.3, 0.4) is 0 Å². The molecule has 1 aromatic heterocycles. The van der Waals surface area contributed by atoms with E-state index >= 15 is 0 Å². The summed E-state index contributed by atoms with van der Waals surface area (Å²) in [5.74, 6) is -0.497. The lowest BCUT2D eigenvalue weighted by Gasteiger charge is -2.35. The van der Waals surface area contributed by atoms with Gasteiger partial charge in [0.15, 0.2) is 9.84 Å². The van der Waals surface area contributed by atoms with Crippen LogP contribution in [-0.2, 0) is 19.9 Å². The highest BCUT2D eigenvalue weighted by molar-refractivity contribution is 7.95. The van der Waals surface area contributed by atoms with Crippen LogP contribution in [0, 0.1) is 20.8 Å². The number of rotatable bonds is 4. The molecule has 0 saturated carbocycles. The highest BCUT2D eigenvalue weighted by atomic mass is 32.2. The summed E-state index contributed by atoms with van der Waals surface area (Å²) in [5, 5.41) is -0.872. The second-order valence-corrected chi connectivity index (χ2v) is 13.2. The van der Waals surface area contributed by atoms with Crippen molar-refractivity contribution in [2.24, 2.45) is 0 Å². The van der Waals surface area contributed by atoms with E-state index in [1.54, 1.807) is 4.90 Å². The number of hydrogen-bond donors (Lipinski definition) is 0. The zero-order valence-electron chi connectivity index (χ0n) is 18.6. The van der Waals surface area contributed by atoms with E-state index in [4.69, 9.17) is 0 Å². The highest BCUT2D eigenvalue weighted by Gasteiger charge is 2.41. The number of carbonyl (C=O) groups is 1. The molecule has 2 aliphatic rings. The molecule has 174 valence electrons. The second-order valence-electron chi connectivity index (χ2n) is 8.72. The molecule has 1 aromatic carbocycles. The maximum absolute atomic E-state index is 13.2. The Morgan fingerprint density at radius 3 is 2.31 bits per heavy atom. The predicted molar refractivity (Wildman–Crippen MR) is 123 cm³/mol. The van der Waals surface area contributed by atoms with Crippen molar-refractivity contribution in [3.8, 4) is 5.69 Å². The Morgan fingerprint density at radius 2 is 1.72 bits per heavy atom. The first-order valence-corrected chi connectivity index (χ1v) is 14.1. The quantitative estimate of drug-likeness (QED) is 0.665. The minimum atomic E-state index is -3.69. The van der Waals surface area contributed by atoms with E-state index in [9.17, 15) is 21.6 Å². The standard InChI is InChI=1S/C22H29N3O5S2/c1-16-5-4-6-19(13-16)25-17(2)14-21(18(25)3)22(26)23-8-10-24(11-9-23)32(29,30)20-7-12-31(27,28)15-20/h4-6,13-14,20H,7-12,15H2,1-3H3. The number of piperazine rings is 1. The lowest BCUT2D eigenvalue weighted by Crippen LogP contribution is -2.52. The van der Waals surface area contributed by atoms with Gasteiger partial charge >= 0.3 is 0 Å². The van der Waals surface area contributed by atoms with Gasteiger partial charge in [0.1, 0.15) is 0 Å². The van der Waals surface area contributed by atoms with Crippen LogP contribution in [0.4, 0.5) is 0 Å². The first-order chi connectivity index (χ1) is 15.0. The van der Waals surface area contributed by atoms with Crippen molar-refractivity contribution in [3.05, 3.63) is 52.8 Å². The lowest BCUT2D eigenvalue weighted by atomic mass is 10.2. The number of carbonyl (C=O) groups excluding carboxylic acids is 1. The van der Waals surface area contributed by atoms with Crippen molar-refractivity contribution in [1.82, 2.24) is 13.8 Å². The molecule has 1 atom stereocenters. The highest BCUT2D eigenvalue weighted by Crippen LogP contribution is 2.25. The zero-order chi connectivity index (χ0) is 23.3. The largest absolute Gasteiger partial charge is 0.336 e. The van der Waals surface area contributed by atoms with Gasteiger partial charge in [0.05, 0.1) is 22.3 Å². The number of hydrogen-bond acceptors (Lipinski definition) is 5. The molecule has 0 bridgehead atoms. The molecular formula is C22H29N3O5S2. The monoisotopic (exact) mass is 479 g/mol.